The molecule has 0 aliphatic carbocycles. The average molecular weight is 317 g/mol. The zero-order valence-corrected chi connectivity index (χ0v) is 13.2. The number of rotatable bonds is 9. The summed E-state index contributed by atoms with van der Waals surface area (Å²) in [5.74, 6) is 2.03. The molecule has 3 N–H and O–H groups in total. The molecule has 1 aromatic rings. The lowest BCUT2D eigenvalue weighted by Gasteiger charge is -2.07. The lowest BCUT2D eigenvalue weighted by molar-refractivity contribution is -0.116. The number of hydrogen-bond acceptors (Lipinski definition) is 4. The lowest BCUT2D eigenvalue weighted by atomic mass is 10.2. The fourth-order valence-electron chi connectivity index (χ4n) is 1.59. The van der Waals surface area contributed by atoms with Gasteiger partial charge in [0.05, 0.1) is 10.7 Å². The Morgan fingerprint density at radius 1 is 1.40 bits per heavy atom. The van der Waals surface area contributed by atoms with Crippen LogP contribution in [0, 0.1) is 0 Å². The predicted molar refractivity (Wildman–Crippen MR) is 87.5 cm³/mol. The van der Waals surface area contributed by atoms with Crippen LogP contribution in [-0.2, 0) is 9.53 Å². The molecule has 1 amide bonds. The first kappa shape index (κ1) is 17.1. The van der Waals surface area contributed by atoms with E-state index in [1.165, 1.54) is 0 Å². The van der Waals surface area contributed by atoms with Gasteiger partial charge in [0.15, 0.2) is 0 Å². The van der Waals surface area contributed by atoms with E-state index in [2.05, 4.69) is 5.32 Å². The topological polar surface area (TPSA) is 64.3 Å². The largest absolute Gasteiger partial charge is 0.399 e. The normalized spacial score (nSPS) is 10.5. The van der Waals surface area contributed by atoms with E-state index in [1.54, 1.807) is 25.3 Å². The fourth-order valence-corrected chi connectivity index (χ4v) is 2.70. The second-order valence-electron chi connectivity index (χ2n) is 4.35. The Labute approximate surface area is 129 Å². The maximum Gasteiger partial charge on any atom is 0.224 e. The van der Waals surface area contributed by atoms with Gasteiger partial charge in [0, 0.05) is 25.8 Å². The summed E-state index contributed by atoms with van der Waals surface area (Å²) in [5, 5.41) is 3.26. The Morgan fingerprint density at radius 2 is 2.15 bits per heavy atom. The highest BCUT2D eigenvalue weighted by atomic mass is 35.5. The quantitative estimate of drug-likeness (QED) is 0.541. The van der Waals surface area contributed by atoms with Gasteiger partial charge in [0.25, 0.3) is 0 Å². The van der Waals surface area contributed by atoms with Crippen molar-refractivity contribution in [2.24, 2.45) is 0 Å². The Kier molecular flexibility index (Phi) is 8.49. The minimum atomic E-state index is -0.0193. The highest BCUT2D eigenvalue weighted by Crippen LogP contribution is 2.24. The van der Waals surface area contributed by atoms with Crippen molar-refractivity contribution in [2.45, 2.75) is 19.3 Å². The van der Waals surface area contributed by atoms with E-state index >= 15 is 0 Å². The molecule has 20 heavy (non-hydrogen) atoms. The van der Waals surface area contributed by atoms with Crippen LogP contribution in [0.2, 0.25) is 5.02 Å². The van der Waals surface area contributed by atoms with Gasteiger partial charge >= 0.3 is 0 Å². The number of halogens is 1. The lowest BCUT2D eigenvalue weighted by Crippen LogP contribution is -2.12. The van der Waals surface area contributed by atoms with Crippen LogP contribution in [0.25, 0.3) is 0 Å². The second-order valence-corrected chi connectivity index (χ2v) is 5.98. The molecule has 0 saturated heterocycles. The van der Waals surface area contributed by atoms with Crippen molar-refractivity contribution >= 4 is 40.6 Å². The molecule has 1 rings (SSSR count). The van der Waals surface area contributed by atoms with Crippen LogP contribution in [0.4, 0.5) is 11.4 Å². The molecule has 0 aliphatic rings. The smallest absolute Gasteiger partial charge is 0.224 e. The Morgan fingerprint density at radius 3 is 2.85 bits per heavy atom. The van der Waals surface area contributed by atoms with Gasteiger partial charge in [-0.3, -0.25) is 4.79 Å². The van der Waals surface area contributed by atoms with Gasteiger partial charge in [-0.25, -0.2) is 0 Å². The highest BCUT2D eigenvalue weighted by molar-refractivity contribution is 7.99. The van der Waals surface area contributed by atoms with Gasteiger partial charge in [-0.05, 0) is 42.5 Å². The molecule has 0 radical (unpaired) electrons. The third-order valence-corrected chi connectivity index (χ3v) is 4.06. The number of anilines is 2. The molecule has 0 saturated carbocycles. The van der Waals surface area contributed by atoms with Crippen LogP contribution in [0.3, 0.4) is 0 Å². The Balaban J connectivity index is 2.17. The highest BCUT2D eigenvalue weighted by Gasteiger charge is 2.05. The molecule has 6 heteroatoms. The van der Waals surface area contributed by atoms with Crippen LogP contribution in [0.5, 0.6) is 0 Å². The van der Waals surface area contributed by atoms with Gasteiger partial charge in [0.1, 0.15) is 0 Å². The molecule has 0 atom stereocenters. The van der Waals surface area contributed by atoms with Crippen molar-refractivity contribution < 1.29 is 9.53 Å². The van der Waals surface area contributed by atoms with E-state index in [1.807, 2.05) is 11.8 Å². The molecule has 0 spiro atoms. The number of benzene rings is 1. The maximum absolute atomic E-state index is 11.8. The summed E-state index contributed by atoms with van der Waals surface area (Å²) in [6.45, 7) is 0.795. The van der Waals surface area contributed by atoms with Crippen LogP contribution < -0.4 is 11.1 Å². The second kappa shape index (κ2) is 9.91. The molecule has 0 unspecified atom stereocenters. The molecule has 0 heterocycles. The van der Waals surface area contributed by atoms with E-state index in [9.17, 15) is 4.79 Å². The Hall–Kier alpha value is -0.910. The first-order valence-corrected chi connectivity index (χ1v) is 8.08. The summed E-state index contributed by atoms with van der Waals surface area (Å²) in [7, 11) is 1.71. The Bertz CT molecular complexity index is 430. The number of carbonyl (C=O) groups is 1. The molecular formula is C14H21ClN2O2S. The molecule has 112 valence electrons. The fraction of sp³-hybridized carbons (Fsp3) is 0.500. The number of nitrogen functional groups attached to an aromatic ring is 1. The van der Waals surface area contributed by atoms with Gasteiger partial charge in [0.2, 0.25) is 5.91 Å². The van der Waals surface area contributed by atoms with Crippen molar-refractivity contribution in [3.05, 3.63) is 23.2 Å². The summed E-state index contributed by atoms with van der Waals surface area (Å²) < 4.78 is 4.97. The zero-order chi connectivity index (χ0) is 14.8. The number of amides is 1. The van der Waals surface area contributed by atoms with Crippen LogP contribution in [-0.4, -0.2) is 31.1 Å². The summed E-state index contributed by atoms with van der Waals surface area (Å²) >= 11 is 7.84. The number of ether oxygens (including phenoxy) is 1. The van der Waals surface area contributed by atoms with Crippen molar-refractivity contribution in [2.75, 3.05) is 36.3 Å². The molecule has 0 fully saturated rings. The molecule has 0 aliphatic heterocycles. The molecular weight excluding hydrogens is 296 g/mol. The number of methoxy groups -OCH3 is 1. The van der Waals surface area contributed by atoms with E-state index in [0.29, 0.717) is 22.8 Å². The van der Waals surface area contributed by atoms with Gasteiger partial charge in [-0.2, -0.15) is 11.8 Å². The van der Waals surface area contributed by atoms with E-state index in [-0.39, 0.29) is 5.91 Å². The average Bonchev–Trinajstić information content (AvgIpc) is 2.41. The number of carbonyl (C=O) groups excluding carboxylic acids is 1. The summed E-state index contributed by atoms with van der Waals surface area (Å²) in [5.41, 5.74) is 6.79. The summed E-state index contributed by atoms with van der Waals surface area (Å²) in [6, 6.07) is 5.06. The predicted octanol–water partition coefficient (Wildman–Crippen LogP) is 3.41. The van der Waals surface area contributed by atoms with Crippen molar-refractivity contribution in [1.82, 2.24) is 0 Å². The van der Waals surface area contributed by atoms with Crippen molar-refractivity contribution in [3.63, 3.8) is 0 Å². The van der Waals surface area contributed by atoms with Gasteiger partial charge in [-0.1, -0.05) is 11.6 Å². The first-order chi connectivity index (χ1) is 9.63. The monoisotopic (exact) mass is 316 g/mol. The summed E-state index contributed by atoms with van der Waals surface area (Å²) in [4.78, 5) is 11.8. The minimum Gasteiger partial charge on any atom is -0.399 e. The molecule has 0 bridgehead atoms. The van der Waals surface area contributed by atoms with Gasteiger partial charge < -0.3 is 15.8 Å². The van der Waals surface area contributed by atoms with E-state index < -0.39 is 0 Å². The third-order valence-electron chi connectivity index (χ3n) is 2.60. The first-order valence-electron chi connectivity index (χ1n) is 6.55. The molecule has 1 aromatic carbocycles. The molecule has 0 aromatic heterocycles. The van der Waals surface area contributed by atoms with Crippen LogP contribution in [0.15, 0.2) is 18.2 Å². The van der Waals surface area contributed by atoms with Crippen LogP contribution in [0.1, 0.15) is 19.3 Å². The summed E-state index contributed by atoms with van der Waals surface area (Å²) in [6.07, 6.45) is 2.41. The van der Waals surface area contributed by atoms with E-state index in [4.69, 9.17) is 22.1 Å². The third kappa shape index (κ3) is 7.03. The van der Waals surface area contributed by atoms with E-state index in [0.717, 1.165) is 31.0 Å². The standard InChI is InChI=1S/C14H21ClN2O2S/c1-19-7-3-9-20-8-2-4-14(18)17-13-6-5-11(16)10-12(13)15/h5-6,10H,2-4,7-9,16H2,1H3,(H,17,18). The van der Waals surface area contributed by atoms with Crippen molar-refractivity contribution in [1.29, 1.82) is 0 Å². The zero-order valence-electron chi connectivity index (χ0n) is 11.7. The number of nitrogens with one attached hydrogen (secondary N) is 1. The number of thioether (sulfide) groups is 1. The van der Waals surface area contributed by atoms with Crippen LogP contribution >= 0.6 is 23.4 Å². The van der Waals surface area contributed by atoms with Crippen molar-refractivity contribution in [3.8, 4) is 0 Å². The number of hydrogen-bond donors (Lipinski definition) is 2. The van der Waals surface area contributed by atoms with Gasteiger partial charge in [-0.15, -0.1) is 0 Å². The maximum atomic E-state index is 11.8. The SMILES string of the molecule is COCCCSCCCC(=O)Nc1ccc(N)cc1Cl. The molecule has 4 nitrogen and oxygen atoms in total. The minimum absolute atomic E-state index is 0.0193. The number of nitrogens with two attached hydrogens (primary N) is 1.